The van der Waals surface area contributed by atoms with Crippen LogP contribution in [0, 0.1) is 0 Å². The SMILES string of the molecule is Cl.Cl.Oc1c(Cl)cc(N2CCNCC2)cc1Cl. The lowest BCUT2D eigenvalue weighted by Crippen LogP contribution is -2.43. The van der Waals surface area contributed by atoms with Gasteiger partial charge in [-0.05, 0) is 12.1 Å². The number of aromatic hydroxyl groups is 1. The normalized spacial score (nSPS) is 14.8. The topological polar surface area (TPSA) is 35.5 Å². The molecule has 1 aromatic rings. The molecule has 0 atom stereocenters. The highest BCUT2D eigenvalue weighted by Gasteiger charge is 2.14. The van der Waals surface area contributed by atoms with Crippen LogP contribution in [0.5, 0.6) is 5.75 Å². The summed E-state index contributed by atoms with van der Waals surface area (Å²) in [6.45, 7) is 3.76. The standard InChI is InChI=1S/C10H12Cl2N2O.2ClH/c11-8-5-7(6-9(12)10(8)15)14-3-1-13-2-4-14;;/h5-6,13,15H,1-4H2;2*1H. The first-order chi connectivity index (χ1) is 7.18. The third-order valence-corrected chi connectivity index (χ3v) is 3.06. The number of anilines is 1. The Labute approximate surface area is 123 Å². The van der Waals surface area contributed by atoms with E-state index in [1.165, 1.54) is 0 Å². The average Bonchev–Trinajstić information content (AvgIpc) is 2.26. The predicted octanol–water partition coefficient (Wildman–Crippen LogP) is 2.95. The highest BCUT2D eigenvalue weighted by molar-refractivity contribution is 6.37. The summed E-state index contributed by atoms with van der Waals surface area (Å²) in [5.74, 6) is -0.0442. The Balaban J connectivity index is 0.00000128. The number of halogens is 4. The van der Waals surface area contributed by atoms with Crippen LogP contribution in [0.4, 0.5) is 5.69 Å². The number of piperazine rings is 1. The fourth-order valence-corrected chi connectivity index (χ4v) is 2.13. The number of hydrogen-bond donors (Lipinski definition) is 2. The summed E-state index contributed by atoms with van der Waals surface area (Å²) in [5.41, 5.74) is 0.962. The molecule has 98 valence electrons. The molecule has 1 aromatic carbocycles. The Kier molecular flexibility index (Phi) is 7.37. The van der Waals surface area contributed by atoms with E-state index in [2.05, 4.69) is 10.2 Å². The van der Waals surface area contributed by atoms with Crippen LogP contribution in [0.3, 0.4) is 0 Å². The lowest BCUT2D eigenvalue weighted by atomic mass is 10.2. The molecule has 0 amide bonds. The van der Waals surface area contributed by atoms with Gasteiger partial charge < -0.3 is 15.3 Å². The van der Waals surface area contributed by atoms with Crippen molar-refractivity contribution in [2.75, 3.05) is 31.1 Å². The summed E-state index contributed by atoms with van der Waals surface area (Å²) >= 11 is 11.7. The Hall–Kier alpha value is -0.0600. The highest BCUT2D eigenvalue weighted by Crippen LogP contribution is 2.35. The fourth-order valence-electron chi connectivity index (χ4n) is 1.66. The number of phenolic OH excluding ortho intramolecular Hbond substituents is 1. The van der Waals surface area contributed by atoms with Crippen LogP contribution in [-0.4, -0.2) is 31.3 Å². The van der Waals surface area contributed by atoms with Crippen molar-refractivity contribution in [1.82, 2.24) is 5.32 Å². The number of phenols is 1. The molecule has 2 N–H and O–H groups in total. The molecule has 1 aliphatic heterocycles. The first-order valence-electron chi connectivity index (χ1n) is 4.82. The summed E-state index contributed by atoms with van der Waals surface area (Å²) in [4.78, 5) is 2.19. The molecule has 0 aromatic heterocycles. The van der Waals surface area contributed by atoms with Crippen LogP contribution >= 0.6 is 48.0 Å². The molecule has 1 aliphatic rings. The van der Waals surface area contributed by atoms with E-state index in [0.717, 1.165) is 31.9 Å². The molecule has 0 radical (unpaired) electrons. The van der Waals surface area contributed by atoms with Crippen molar-refractivity contribution in [3.63, 3.8) is 0 Å². The van der Waals surface area contributed by atoms with E-state index >= 15 is 0 Å². The number of nitrogens with one attached hydrogen (secondary N) is 1. The lowest BCUT2D eigenvalue weighted by Gasteiger charge is -2.29. The molecule has 2 rings (SSSR count). The zero-order valence-electron chi connectivity index (χ0n) is 8.95. The highest BCUT2D eigenvalue weighted by atomic mass is 35.5. The quantitative estimate of drug-likeness (QED) is 0.835. The van der Waals surface area contributed by atoms with Gasteiger partial charge in [0.15, 0.2) is 5.75 Å². The molecular formula is C10H14Cl4N2O. The van der Waals surface area contributed by atoms with Crippen LogP contribution in [0.15, 0.2) is 12.1 Å². The first kappa shape index (κ1) is 16.9. The fraction of sp³-hybridized carbons (Fsp3) is 0.400. The van der Waals surface area contributed by atoms with Gasteiger partial charge in [-0.25, -0.2) is 0 Å². The van der Waals surface area contributed by atoms with Gasteiger partial charge in [0.25, 0.3) is 0 Å². The van der Waals surface area contributed by atoms with Crippen LogP contribution in [-0.2, 0) is 0 Å². The molecule has 0 bridgehead atoms. The maximum atomic E-state index is 9.43. The molecule has 1 fully saturated rings. The minimum Gasteiger partial charge on any atom is -0.505 e. The summed E-state index contributed by atoms with van der Waals surface area (Å²) in [6, 6.07) is 3.49. The molecular weight excluding hydrogens is 306 g/mol. The molecule has 1 saturated heterocycles. The van der Waals surface area contributed by atoms with Crippen LogP contribution in [0.1, 0.15) is 0 Å². The van der Waals surface area contributed by atoms with Gasteiger partial charge in [-0.15, -0.1) is 24.8 Å². The van der Waals surface area contributed by atoms with Gasteiger partial charge in [-0.3, -0.25) is 0 Å². The average molecular weight is 320 g/mol. The van der Waals surface area contributed by atoms with E-state index in [4.69, 9.17) is 23.2 Å². The third kappa shape index (κ3) is 3.97. The zero-order chi connectivity index (χ0) is 10.8. The van der Waals surface area contributed by atoms with E-state index in [0.29, 0.717) is 10.0 Å². The first-order valence-corrected chi connectivity index (χ1v) is 5.58. The largest absolute Gasteiger partial charge is 0.505 e. The molecule has 3 nitrogen and oxygen atoms in total. The molecule has 1 heterocycles. The second-order valence-corrected chi connectivity index (χ2v) is 4.31. The maximum absolute atomic E-state index is 9.43. The van der Waals surface area contributed by atoms with Gasteiger partial charge in [-0.1, -0.05) is 23.2 Å². The number of benzene rings is 1. The van der Waals surface area contributed by atoms with Crippen molar-refractivity contribution >= 4 is 53.7 Å². The smallest absolute Gasteiger partial charge is 0.152 e. The molecule has 0 unspecified atom stereocenters. The minimum absolute atomic E-state index is 0. The number of nitrogens with zero attached hydrogens (tertiary/aromatic N) is 1. The van der Waals surface area contributed by atoms with E-state index in [1.54, 1.807) is 12.1 Å². The second kappa shape index (κ2) is 7.39. The zero-order valence-corrected chi connectivity index (χ0v) is 12.1. The van der Waals surface area contributed by atoms with Gasteiger partial charge in [0.2, 0.25) is 0 Å². The Bertz CT molecular complexity index is 346. The molecule has 0 spiro atoms. The van der Waals surface area contributed by atoms with Crippen molar-refractivity contribution in [2.24, 2.45) is 0 Å². The van der Waals surface area contributed by atoms with Gasteiger partial charge in [-0.2, -0.15) is 0 Å². The number of hydrogen-bond acceptors (Lipinski definition) is 3. The van der Waals surface area contributed by atoms with Crippen molar-refractivity contribution in [3.05, 3.63) is 22.2 Å². The summed E-state index contributed by atoms with van der Waals surface area (Å²) in [5, 5.41) is 13.3. The van der Waals surface area contributed by atoms with Crippen LogP contribution in [0.2, 0.25) is 10.0 Å². The molecule has 0 aliphatic carbocycles. The van der Waals surface area contributed by atoms with E-state index in [-0.39, 0.29) is 30.6 Å². The predicted molar refractivity (Wildman–Crippen MR) is 77.7 cm³/mol. The van der Waals surface area contributed by atoms with Crippen LogP contribution < -0.4 is 10.2 Å². The van der Waals surface area contributed by atoms with Gasteiger partial charge in [0, 0.05) is 31.9 Å². The Morgan fingerprint density at radius 2 is 1.53 bits per heavy atom. The third-order valence-electron chi connectivity index (χ3n) is 2.48. The van der Waals surface area contributed by atoms with Gasteiger partial charge >= 0.3 is 0 Å². The van der Waals surface area contributed by atoms with E-state index < -0.39 is 0 Å². The lowest BCUT2D eigenvalue weighted by molar-refractivity contribution is 0.475. The minimum atomic E-state index is -0.0442. The Morgan fingerprint density at radius 3 is 2.00 bits per heavy atom. The molecule has 17 heavy (non-hydrogen) atoms. The van der Waals surface area contributed by atoms with Crippen molar-refractivity contribution in [1.29, 1.82) is 0 Å². The van der Waals surface area contributed by atoms with E-state index in [1.807, 2.05) is 0 Å². The molecule has 7 heteroatoms. The number of rotatable bonds is 1. The Morgan fingerprint density at radius 1 is 1.06 bits per heavy atom. The summed E-state index contributed by atoms with van der Waals surface area (Å²) in [7, 11) is 0. The van der Waals surface area contributed by atoms with E-state index in [9.17, 15) is 5.11 Å². The van der Waals surface area contributed by atoms with Crippen molar-refractivity contribution < 1.29 is 5.11 Å². The maximum Gasteiger partial charge on any atom is 0.152 e. The van der Waals surface area contributed by atoms with Crippen LogP contribution in [0.25, 0.3) is 0 Å². The summed E-state index contributed by atoms with van der Waals surface area (Å²) < 4.78 is 0. The molecule has 0 saturated carbocycles. The second-order valence-electron chi connectivity index (χ2n) is 3.50. The monoisotopic (exact) mass is 318 g/mol. The van der Waals surface area contributed by atoms with Crippen molar-refractivity contribution in [2.45, 2.75) is 0 Å². The van der Waals surface area contributed by atoms with Gasteiger partial charge in [0.05, 0.1) is 10.0 Å². The summed E-state index contributed by atoms with van der Waals surface area (Å²) in [6.07, 6.45) is 0. The van der Waals surface area contributed by atoms with Crippen molar-refractivity contribution in [3.8, 4) is 5.75 Å². The van der Waals surface area contributed by atoms with Gasteiger partial charge in [0.1, 0.15) is 0 Å².